The molecule has 0 amide bonds. The first-order chi connectivity index (χ1) is 7.29. The average molecular weight is 226 g/mol. The second-order valence-corrected chi connectivity index (χ2v) is 4.41. The van der Waals surface area contributed by atoms with E-state index >= 15 is 0 Å². The SMILES string of the molecule is Cc1cc(N2CCC(CCl)CC2)ncn1. The van der Waals surface area contributed by atoms with Gasteiger partial charge in [-0.05, 0) is 25.7 Å². The number of hydrogen-bond donors (Lipinski definition) is 0. The van der Waals surface area contributed by atoms with Crippen molar-refractivity contribution in [2.45, 2.75) is 19.8 Å². The van der Waals surface area contributed by atoms with E-state index in [9.17, 15) is 0 Å². The summed E-state index contributed by atoms with van der Waals surface area (Å²) in [5.41, 5.74) is 1.03. The van der Waals surface area contributed by atoms with E-state index in [2.05, 4.69) is 14.9 Å². The average Bonchev–Trinajstić information content (AvgIpc) is 2.29. The van der Waals surface area contributed by atoms with Crippen LogP contribution in [0.25, 0.3) is 0 Å². The maximum atomic E-state index is 5.86. The van der Waals surface area contributed by atoms with Crippen molar-refractivity contribution in [3.8, 4) is 0 Å². The summed E-state index contributed by atoms with van der Waals surface area (Å²) in [6.45, 7) is 4.12. The van der Waals surface area contributed by atoms with Crippen LogP contribution in [0.3, 0.4) is 0 Å². The van der Waals surface area contributed by atoms with E-state index in [1.165, 1.54) is 12.8 Å². The summed E-state index contributed by atoms with van der Waals surface area (Å²) in [5.74, 6) is 2.53. The van der Waals surface area contributed by atoms with Gasteiger partial charge < -0.3 is 4.90 Å². The summed E-state index contributed by atoms with van der Waals surface area (Å²) in [7, 11) is 0. The monoisotopic (exact) mass is 225 g/mol. The minimum Gasteiger partial charge on any atom is -0.356 e. The third-order valence-corrected chi connectivity index (χ3v) is 3.38. The molecule has 1 aliphatic rings. The minimum atomic E-state index is 0.686. The van der Waals surface area contributed by atoms with Crippen LogP contribution in [0.4, 0.5) is 5.82 Å². The van der Waals surface area contributed by atoms with Gasteiger partial charge in [0, 0.05) is 30.7 Å². The van der Waals surface area contributed by atoms with E-state index in [4.69, 9.17) is 11.6 Å². The Bertz CT molecular complexity index is 321. The molecule has 0 N–H and O–H groups in total. The van der Waals surface area contributed by atoms with Gasteiger partial charge in [-0.1, -0.05) is 0 Å². The lowest BCUT2D eigenvalue weighted by molar-refractivity contribution is 0.441. The number of aryl methyl sites for hydroxylation is 1. The molecule has 2 rings (SSSR count). The van der Waals surface area contributed by atoms with Crippen molar-refractivity contribution in [1.82, 2.24) is 9.97 Å². The fourth-order valence-electron chi connectivity index (χ4n) is 1.93. The standard InChI is InChI=1S/C11H16ClN3/c1-9-6-11(14-8-13-9)15-4-2-10(7-12)3-5-15/h6,8,10H,2-5,7H2,1H3. The first-order valence-electron chi connectivity index (χ1n) is 5.39. The number of alkyl halides is 1. The Morgan fingerprint density at radius 2 is 2.13 bits per heavy atom. The van der Waals surface area contributed by atoms with Crippen LogP contribution in [0.15, 0.2) is 12.4 Å². The molecule has 82 valence electrons. The molecule has 0 spiro atoms. The minimum absolute atomic E-state index is 0.686. The highest BCUT2D eigenvalue weighted by Gasteiger charge is 2.19. The summed E-state index contributed by atoms with van der Waals surface area (Å²) in [4.78, 5) is 10.7. The number of nitrogens with zero attached hydrogens (tertiary/aromatic N) is 3. The summed E-state index contributed by atoms with van der Waals surface area (Å²) < 4.78 is 0. The molecule has 0 aromatic carbocycles. The van der Waals surface area contributed by atoms with Crippen molar-refractivity contribution in [2.24, 2.45) is 5.92 Å². The van der Waals surface area contributed by atoms with Crippen LogP contribution < -0.4 is 4.90 Å². The lowest BCUT2D eigenvalue weighted by Crippen LogP contribution is -2.34. The second kappa shape index (κ2) is 4.79. The third-order valence-electron chi connectivity index (χ3n) is 2.95. The molecule has 1 aromatic heterocycles. The molecule has 4 heteroatoms. The van der Waals surface area contributed by atoms with Crippen LogP contribution in [0.5, 0.6) is 0 Å². The number of hydrogen-bond acceptors (Lipinski definition) is 3. The zero-order valence-electron chi connectivity index (χ0n) is 8.99. The van der Waals surface area contributed by atoms with E-state index in [0.717, 1.165) is 30.5 Å². The Morgan fingerprint density at radius 1 is 1.40 bits per heavy atom. The van der Waals surface area contributed by atoms with Crippen molar-refractivity contribution in [2.75, 3.05) is 23.9 Å². The highest BCUT2D eigenvalue weighted by Crippen LogP contribution is 2.22. The third kappa shape index (κ3) is 2.59. The summed E-state index contributed by atoms with van der Waals surface area (Å²) in [6, 6.07) is 2.04. The van der Waals surface area contributed by atoms with E-state index < -0.39 is 0 Å². The van der Waals surface area contributed by atoms with Gasteiger partial charge in [0.15, 0.2) is 0 Å². The maximum Gasteiger partial charge on any atom is 0.132 e. The van der Waals surface area contributed by atoms with Crippen molar-refractivity contribution in [3.05, 3.63) is 18.1 Å². The summed E-state index contributed by atoms with van der Waals surface area (Å²) >= 11 is 5.86. The normalized spacial score (nSPS) is 18.1. The van der Waals surface area contributed by atoms with Gasteiger partial charge in [-0.15, -0.1) is 11.6 Å². The second-order valence-electron chi connectivity index (χ2n) is 4.10. The summed E-state index contributed by atoms with van der Waals surface area (Å²) in [6.07, 6.45) is 3.98. The van der Waals surface area contributed by atoms with E-state index in [1.807, 2.05) is 13.0 Å². The molecule has 0 saturated carbocycles. The quantitative estimate of drug-likeness (QED) is 0.723. The fraction of sp³-hybridized carbons (Fsp3) is 0.636. The largest absolute Gasteiger partial charge is 0.356 e. The predicted molar refractivity (Wildman–Crippen MR) is 62.4 cm³/mol. The Hall–Kier alpha value is -0.830. The van der Waals surface area contributed by atoms with Gasteiger partial charge in [0.2, 0.25) is 0 Å². The van der Waals surface area contributed by atoms with Crippen LogP contribution in [-0.4, -0.2) is 28.9 Å². The fourth-order valence-corrected chi connectivity index (χ4v) is 2.24. The Kier molecular flexibility index (Phi) is 3.41. The lowest BCUT2D eigenvalue weighted by Gasteiger charge is -2.31. The molecule has 1 aliphatic heterocycles. The molecular formula is C11H16ClN3. The number of piperidine rings is 1. The zero-order valence-corrected chi connectivity index (χ0v) is 9.74. The number of rotatable bonds is 2. The molecule has 1 aromatic rings. The molecule has 3 nitrogen and oxygen atoms in total. The first kappa shape index (κ1) is 10.7. The Balaban J connectivity index is 2.01. The molecule has 0 radical (unpaired) electrons. The lowest BCUT2D eigenvalue weighted by atomic mass is 9.99. The van der Waals surface area contributed by atoms with Gasteiger partial charge in [0.05, 0.1) is 0 Å². The molecule has 0 unspecified atom stereocenters. The van der Waals surface area contributed by atoms with Crippen molar-refractivity contribution < 1.29 is 0 Å². The highest BCUT2D eigenvalue weighted by molar-refractivity contribution is 6.18. The van der Waals surface area contributed by atoms with Crippen LogP contribution in [0, 0.1) is 12.8 Å². The molecule has 2 heterocycles. The van der Waals surface area contributed by atoms with Gasteiger partial charge in [-0.3, -0.25) is 0 Å². The summed E-state index contributed by atoms with van der Waals surface area (Å²) in [5, 5.41) is 0. The molecule has 0 aliphatic carbocycles. The van der Waals surface area contributed by atoms with Gasteiger partial charge in [-0.2, -0.15) is 0 Å². The van der Waals surface area contributed by atoms with Crippen molar-refractivity contribution in [1.29, 1.82) is 0 Å². The Morgan fingerprint density at radius 3 is 2.73 bits per heavy atom. The van der Waals surface area contributed by atoms with Crippen LogP contribution in [0.2, 0.25) is 0 Å². The Labute approximate surface area is 95.5 Å². The van der Waals surface area contributed by atoms with Gasteiger partial charge in [0.25, 0.3) is 0 Å². The number of halogens is 1. The van der Waals surface area contributed by atoms with E-state index in [-0.39, 0.29) is 0 Å². The van der Waals surface area contributed by atoms with Crippen LogP contribution in [0.1, 0.15) is 18.5 Å². The molecule has 1 fully saturated rings. The molecular weight excluding hydrogens is 210 g/mol. The van der Waals surface area contributed by atoms with Crippen LogP contribution in [-0.2, 0) is 0 Å². The molecule has 0 atom stereocenters. The van der Waals surface area contributed by atoms with Crippen molar-refractivity contribution >= 4 is 17.4 Å². The van der Waals surface area contributed by atoms with Gasteiger partial charge in [0.1, 0.15) is 12.1 Å². The molecule has 15 heavy (non-hydrogen) atoms. The number of anilines is 1. The van der Waals surface area contributed by atoms with E-state index in [0.29, 0.717) is 5.92 Å². The topological polar surface area (TPSA) is 29.0 Å². The smallest absolute Gasteiger partial charge is 0.132 e. The molecule has 0 bridgehead atoms. The zero-order chi connectivity index (χ0) is 10.7. The van der Waals surface area contributed by atoms with E-state index in [1.54, 1.807) is 6.33 Å². The van der Waals surface area contributed by atoms with Crippen LogP contribution >= 0.6 is 11.6 Å². The number of aromatic nitrogens is 2. The first-order valence-corrected chi connectivity index (χ1v) is 5.92. The molecule has 1 saturated heterocycles. The maximum absolute atomic E-state index is 5.86. The highest BCUT2D eigenvalue weighted by atomic mass is 35.5. The predicted octanol–water partition coefficient (Wildman–Crippen LogP) is 2.24. The van der Waals surface area contributed by atoms with Crippen molar-refractivity contribution in [3.63, 3.8) is 0 Å². The van der Waals surface area contributed by atoms with Gasteiger partial charge in [-0.25, -0.2) is 9.97 Å². The van der Waals surface area contributed by atoms with Gasteiger partial charge >= 0.3 is 0 Å².